The Labute approximate surface area is 131 Å². The van der Waals surface area contributed by atoms with Crippen molar-refractivity contribution in [2.75, 3.05) is 6.54 Å². The van der Waals surface area contributed by atoms with E-state index in [0.29, 0.717) is 6.54 Å². The predicted octanol–water partition coefficient (Wildman–Crippen LogP) is 2.77. The van der Waals surface area contributed by atoms with Gasteiger partial charge < -0.3 is 11.1 Å². The van der Waals surface area contributed by atoms with Crippen LogP contribution in [0.3, 0.4) is 0 Å². The summed E-state index contributed by atoms with van der Waals surface area (Å²) in [5, 5.41) is 2.92. The van der Waals surface area contributed by atoms with E-state index >= 15 is 0 Å². The van der Waals surface area contributed by atoms with E-state index in [0.717, 1.165) is 18.4 Å². The number of amides is 1. The summed E-state index contributed by atoms with van der Waals surface area (Å²) in [7, 11) is 0. The summed E-state index contributed by atoms with van der Waals surface area (Å²) in [5.41, 5.74) is 6.53. The third kappa shape index (κ3) is 4.17. The molecule has 0 aliphatic heterocycles. The molecule has 1 aliphatic carbocycles. The molecule has 1 fully saturated rings. The van der Waals surface area contributed by atoms with Crippen molar-refractivity contribution in [2.45, 2.75) is 45.1 Å². The maximum Gasteiger partial charge on any atom is 0.237 e. The van der Waals surface area contributed by atoms with Gasteiger partial charge in [0.25, 0.3) is 0 Å². The second kappa shape index (κ2) is 6.32. The molecule has 0 aromatic heterocycles. The van der Waals surface area contributed by atoms with Crippen LogP contribution >= 0.6 is 12.4 Å². The minimum Gasteiger partial charge on any atom is -0.354 e. The highest BCUT2D eigenvalue weighted by atomic mass is 35.5. The molecule has 1 aliphatic rings. The SMILES string of the molecule is CC(C)(C)[C@H](N)C(=O)NCC1(c2cccc(F)c2)CC1.Cl. The Morgan fingerprint density at radius 2 is 2.05 bits per heavy atom. The fraction of sp³-hybridized carbons (Fsp3) is 0.562. The van der Waals surface area contributed by atoms with Gasteiger partial charge in [0, 0.05) is 12.0 Å². The summed E-state index contributed by atoms with van der Waals surface area (Å²) in [5.74, 6) is -0.369. The molecule has 0 bridgehead atoms. The minimum atomic E-state index is -0.536. The molecule has 0 spiro atoms. The molecule has 118 valence electrons. The standard InChI is InChI=1S/C16H23FN2O.ClH/c1-15(2,3)13(18)14(20)19-10-16(7-8-16)11-5-4-6-12(17)9-11;/h4-6,9,13H,7-8,10,18H2,1-3H3,(H,19,20);1H/t13-;/m1./s1. The summed E-state index contributed by atoms with van der Waals surface area (Å²) in [6.07, 6.45) is 1.95. The molecule has 0 radical (unpaired) electrons. The number of benzene rings is 1. The lowest BCUT2D eigenvalue weighted by molar-refractivity contribution is -0.124. The molecule has 0 heterocycles. The van der Waals surface area contributed by atoms with E-state index < -0.39 is 6.04 Å². The van der Waals surface area contributed by atoms with E-state index in [1.807, 2.05) is 26.8 Å². The second-order valence-corrected chi connectivity index (χ2v) is 6.85. The highest BCUT2D eigenvalue weighted by molar-refractivity contribution is 5.85. The van der Waals surface area contributed by atoms with E-state index in [-0.39, 0.29) is 35.0 Å². The number of carbonyl (C=O) groups excluding carboxylic acids is 1. The van der Waals surface area contributed by atoms with Gasteiger partial charge in [0.1, 0.15) is 5.82 Å². The molecule has 1 aromatic carbocycles. The Balaban J connectivity index is 0.00000220. The lowest BCUT2D eigenvalue weighted by Gasteiger charge is -2.27. The molecule has 1 saturated carbocycles. The Kier molecular flexibility index (Phi) is 5.40. The van der Waals surface area contributed by atoms with Crippen LogP contribution in [0.4, 0.5) is 4.39 Å². The first-order valence-electron chi connectivity index (χ1n) is 7.04. The quantitative estimate of drug-likeness (QED) is 0.898. The van der Waals surface area contributed by atoms with Gasteiger partial charge in [-0.3, -0.25) is 4.79 Å². The monoisotopic (exact) mass is 314 g/mol. The summed E-state index contributed by atoms with van der Waals surface area (Å²) in [4.78, 5) is 12.1. The number of halogens is 2. The number of rotatable bonds is 4. The van der Waals surface area contributed by atoms with Crippen molar-refractivity contribution in [1.82, 2.24) is 5.32 Å². The zero-order chi connectivity index (χ0) is 15.0. The van der Waals surface area contributed by atoms with Crippen molar-refractivity contribution < 1.29 is 9.18 Å². The third-order valence-electron chi connectivity index (χ3n) is 4.11. The highest BCUT2D eigenvalue weighted by Crippen LogP contribution is 2.47. The van der Waals surface area contributed by atoms with Crippen molar-refractivity contribution >= 4 is 18.3 Å². The van der Waals surface area contributed by atoms with Crippen molar-refractivity contribution in [1.29, 1.82) is 0 Å². The predicted molar refractivity (Wildman–Crippen MR) is 85.0 cm³/mol. The van der Waals surface area contributed by atoms with Crippen molar-refractivity contribution in [3.05, 3.63) is 35.6 Å². The van der Waals surface area contributed by atoms with E-state index in [2.05, 4.69) is 5.32 Å². The van der Waals surface area contributed by atoms with E-state index in [1.54, 1.807) is 12.1 Å². The molecule has 1 aromatic rings. The van der Waals surface area contributed by atoms with Gasteiger partial charge in [-0.15, -0.1) is 12.4 Å². The van der Waals surface area contributed by atoms with Crippen LogP contribution < -0.4 is 11.1 Å². The molecule has 3 nitrogen and oxygen atoms in total. The molecule has 21 heavy (non-hydrogen) atoms. The number of hydrogen-bond donors (Lipinski definition) is 2. The summed E-state index contributed by atoms with van der Waals surface area (Å²) in [6, 6.07) is 6.10. The number of carbonyl (C=O) groups is 1. The maximum absolute atomic E-state index is 13.3. The van der Waals surface area contributed by atoms with Gasteiger partial charge in [0.15, 0.2) is 0 Å². The van der Waals surface area contributed by atoms with E-state index in [4.69, 9.17) is 5.73 Å². The number of nitrogens with two attached hydrogens (primary N) is 1. The minimum absolute atomic E-state index is 0. The molecule has 3 N–H and O–H groups in total. The second-order valence-electron chi connectivity index (χ2n) is 6.85. The van der Waals surface area contributed by atoms with Crippen LogP contribution in [0.5, 0.6) is 0 Å². The van der Waals surface area contributed by atoms with Crippen LogP contribution in [0, 0.1) is 11.2 Å². The molecule has 5 heteroatoms. The molecule has 0 unspecified atom stereocenters. The van der Waals surface area contributed by atoms with Crippen LogP contribution in [0.15, 0.2) is 24.3 Å². The van der Waals surface area contributed by atoms with Gasteiger partial charge in [-0.05, 0) is 36.0 Å². The van der Waals surface area contributed by atoms with Crippen LogP contribution in [-0.4, -0.2) is 18.5 Å². The van der Waals surface area contributed by atoms with Crippen molar-refractivity contribution in [2.24, 2.45) is 11.1 Å². The lowest BCUT2D eigenvalue weighted by atomic mass is 9.86. The highest BCUT2D eigenvalue weighted by Gasteiger charge is 2.45. The number of hydrogen-bond acceptors (Lipinski definition) is 2. The Morgan fingerprint density at radius 1 is 1.43 bits per heavy atom. The molecule has 2 rings (SSSR count). The van der Waals surface area contributed by atoms with E-state index in [9.17, 15) is 9.18 Å². The first kappa shape index (κ1) is 17.9. The zero-order valence-corrected chi connectivity index (χ0v) is 13.6. The smallest absolute Gasteiger partial charge is 0.237 e. The number of nitrogens with one attached hydrogen (secondary N) is 1. The normalized spacial score (nSPS) is 17.6. The summed E-state index contributed by atoms with van der Waals surface area (Å²) in [6.45, 7) is 6.35. The largest absolute Gasteiger partial charge is 0.354 e. The molecular formula is C16H24ClFN2O. The Hall–Kier alpha value is -1.13. The first-order chi connectivity index (χ1) is 9.24. The van der Waals surface area contributed by atoms with Crippen LogP contribution in [0.2, 0.25) is 0 Å². The zero-order valence-electron chi connectivity index (χ0n) is 12.8. The molecule has 1 amide bonds. The summed E-state index contributed by atoms with van der Waals surface area (Å²) >= 11 is 0. The third-order valence-corrected chi connectivity index (χ3v) is 4.11. The molecule has 1 atom stereocenters. The van der Waals surface area contributed by atoms with Gasteiger partial charge in [0.2, 0.25) is 5.91 Å². The van der Waals surface area contributed by atoms with Crippen molar-refractivity contribution in [3.8, 4) is 0 Å². The van der Waals surface area contributed by atoms with Crippen LogP contribution in [0.1, 0.15) is 39.2 Å². The van der Waals surface area contributed by atoms with Crippen LogP contribution in [0.25, 0.3) is 0 Å². The van der Waals surface area contributed by atoms with Crippen molar-refractivity contribution in [3.63, 3.8) is 0 Å². The average Bonchev–Trinajstić information content (AvgIpc) is 3.15. The van der Waals surface area contributed by atoms with Crippen LogP contribution in [-0.2, 0) is 10.2 Å². The molecule has 0 saturated heterocycles. The van der Waals surface area contributed by atoms with Gasteiger partial charge in [-0.25, -0.2) is 4.39 Å². The van der Waals surface area contributed by atoms with Gasteiger partial charge in [-0.1, -0.05) is 32.9 Å². The van der Waals surface area contributed by atoms with Gasteiger partial charge in [-0.2, -0.15) is 0 Å². The summed E-state index contributed by atoms with van der Waals surface area (Å²) < 4.78 is 13.3. The Morgan fingerprint density at radius 3 is 2.52 bits per heavy atom. The lowest BCUT2D eigenvalue weighted by Crippen LogP contribution is -2.50. The fourth-order valence-corrected chi connectivity index (χ4v) is 2.30. The van der Waals surface area contributed by atoms with Gasteiger partial charge in [0.05, 0.1) is 6.04 Å². The first-order valence-corrected chi connectivity index (χ1v) is 7.04. The average molecular weight is 315 g/mol. The Bertz CT molecular complexity index is 509. The van der Waals surface area contributed by atoms with E-state index in [1.165, 1.54) is 6.07 Å². The fourth-order valence-electron chi connectivity index (χ4n) is 2.30. The molecular weight excluding hydrogens is 291 g/mol. The topological polar surface area (TPSA) is 55.1 Å². The van der Waals surface area contributed by atoms with Gasteiger partial charge >= 0.3 is 0 Å². The maximum atomic E-state index is 13.3.